The zero-order valence-electron chi connectivity index (χ0n) is 12.2. The normalized spacial score (nSPS) is 12.8. The first-order valence-corrected chi connectivity index (χ1v) is 7.36. The van der Waals surface area contributed by atoms with Gasteiger partial charge >= 0.3 is 6.61 Å². The maximum atomic E-state index is 12.3. The highest BCUT2D eigenvalue weighted by atomic mass is 35.5. The molecule has 8 heteroatoms. The van der Waals surface area contributed by atoms with Gasteiger partial charge in [0.1, 0.15) is 19.0 Å². The number of hydrogen-bond acceptors (Lipinski definition) is 4. The Bertz CT molecular complexity index is 752. The Morgan fingerprint density at radius 2 is 1.88 bits per heavy atom. The molecule has 1 N–H and O–H groups in total. The topological polar surface area (TPSA) is 56.8 Å². The molecule has 0 atom stereocenters. The van der Waals surface area contributed by atoms with Gasteiger partial charge in [-0.2, -0.15) is 8.78 Å². The highest BCUT2D eigenvalue weighted by Crippen LogP contribution is 2.38. The average molecular weight is 356 g/mol. The van der Waals surface area contributed by atoms with Crippen molar-refractivity contribution < 1.29 is 27.8 Å². The Labute approximate surface area is 141 Å². The summed E-state index contributed by atoms with van der Waals surface area (Å²) in [6.07, 6.45) is 0. The number of nitrogens with one attached hydrogen (secondary N) is 1. The molecule has 0 saturated heterocycles. The third-order valence-corrected chi connectivity index (χ3v) is 3.48. The molecule has 0 aliphatic carbocycles. The Morgan fingerprint density at radius 3 is 2.58 bits per heavy atom. The molecule has 24 heavy (non-hydrogen) atoms. The van der Waals surface area contributed by atoms with Crippen molar-refractivity contribution in [2.45, 2.75) is 6.61 Å². The highest BCUT2D eigenvalue weighted by Gasteiger charge is 2.19. The lowest BCUT2D eigenvalue weighted by Crippen LogP contribution is -2.17. The number of amides is 1. The molecular weight excluding hydrogens is 344 g/mol. The number of rotatable bonds is 4. The minimum absolute atomic E-state index is 0.00497. The summed E-state index contributed by atoms with van der Waals surface area (Å²) >= 11 is 6.09. The predicted molar refractivity (Wildman–Crippen MR) is 83.5 cm³/mol. The average Bonchev–Trinajstić information content (AvgIpc) is 2.56. The van der Waals surface area contributed by atoms with Crippen LogP contribution in [0.25, 0.3) is 0 Å². The van der Waals surface area contributed by atoms with Crippen LogP contribution in [0.3, 0.4) is 0 Å². The van der Waals surface area contributed by atoms with Gasteiger partial charge < -0.3 is 19.5 Å². The number of alkyl halides is 2. The maximum Gasteiger partial charge on any atom is 0.387 e. The molecule has 0 spiro atoms. The fourth-order valence-corrected chi connectivity index (χ4v) is 2.43. The predicted octanol–water partition coefficient (Wildman–Crippen LogP) is 3.96. The van der Waals surface area contributed by atoms with Gasteiger partial charge in [-0.3, -0.25) is 4.79 Å². The van der Waals surface area contributed by atoms with Crippen LogP contribution in [-0.2, 0) is 0 Å². The van der Waals surface area contributed by atoms with Crippen molar-refractivity contribution in [1.29, 1.82) is 0 Å². The summed E-state index contributed by atoms with van der Waals surface area (Å²) in [7, 11) is 0. The van der Waals surface area contributed by atoms with Gasteiger partial charge in [-0.15, -0.1) is 0 Å². The van der Waals surface area contributed by atoms with Crippen LogP contribution >= 0.6 is 11.6 Å². The molecule has 2 aromatic carbocycles. The van der Waals surface area contributed by atoms with Crippen LogP contribution in [-0.4, -0.2) is 25.7 Å². The third kappa shape index (κ3) is 3.68. The maximum absolute atomic E-state index is 12.3. The molecule has 1 aliphatic rings. The number of ether oxygens (including phenoxy) is 3. The molecule has 1 amide bonds. The molecule has 1 heterocycles. The number of carbonyl (C=O) groups excluding carboxylic acids is 1. The number of benzene rings is 2. The van der Waals surface area contributed by atoms with Crippen molar-refractivity contribution in [3.8, 4) is 17.2 Å². The molecule has 5 nitrogen and oxygen atoms in total. The lowest BCUT2D eigenvalue weighted by atomic mass is 10.1. The number of halogens is 3. The molecule has 0 unspecified atom stereocenters. The molecule has 1 aliphatic heterocycles. The van der Waals surface area contributed by atoms with Gasteiger partial charge in [0.25, 0.3) is 5.91 Å². The van der Waals surface area contributed by atoms with Gasteiger partial charge in [-0.05, 0) is 36.4 Å². The van der Waals surface area contributed by atoms with Crippen LogP contribution in [0, 0.1) is 0 Å². The molecule has 0 radical (unpaired) electrons. The van der Waals surface area contributed by atoms with Crippen molar-refractivity contribution in [2.75, 3.05) is 18.5 Å². The summed E-state index contributed by atoms with van der Waals surface area (Å²) in [6, 6.07) is 8.57. The number of fused-ring (bicyclic) bond motifs is 1. The smallest absolute Gasteiger partial charge is 0.387 e. The van der Waals surface area contributed by atoms with Crippen molar-refractivity contribution in [3.05, 3.63) is 47.0 Å². The second kappa shape index (κ2) is 6.92. The molecule has 126 valence electrons. The summed E-state index contributed by atoms with van der Waals surface area (Å²) < 4.78 is 39.3. The monoisotopic (exact) mass is 355 g/mol. The fraction of sp³-hybridized carbons (Fsp3) is 0.188. The second-order valence-corrected chi connectivity index (χ2v) is 5.25. The van der Waals surface area contributed by atoms with E-state index in [9.17, 15) is 13.6 Å². The van der Waals surface area contributed by atoms with Crippen molar-refractivity contribution >= 4 is 23.2 Å². The van der Waals surface area contributed by atoms with Crippen LogP contribution < -0.4 is 19.5 Å². The van der Waals surface area contributed by atoms with E-state index in [-0.39, 0.29) is 16.3 Å². The van der Waals surface area contributed by atoms with Crippen molar-refractivity contribution in [1.82, 2.24) is 0 Å². The summed E-state index contributed by atoms with van der Waals surface area (Å²) in [6.45, 7) is -2.13. The summed E-state index contributed by atoms with van der Waals surface area (Å²) in [4.78, 5) is 12.3. The van der Waals surface area contributed by atoms with E-state index in [1.54, 1.807) is 0 Å². The lowest BCUT2D eigenvalue weighted by molar-refractivity contribution is -0.0498. The molecule has 3 rings (SSSR count). The summed E-state index contributed by atoms with van der Waals surface area (Å²) in [5.41, 5.74) is 0.713. The number of hydrogen-bond donors (Lipinski definition) is 1. The van der Waals surface area contributed by atoms with E-state index in [4.69, 9.17) is 21.1 Å². The van der Waals surface area contributed by atoms with E-state index in [0.29, 0.717) is 30.4 Å². The van der Waals surface area contributed by atoms with Gasteiger partial charge in [0.05, 0.1) is 5.02 Å². The van der Waals surface area contributed by atoms with Gasteiger partial charge in [-0.1, -0.05) is 11.6 Å². The van der Waals surface area contributed by atoms with Gasteiger partial charge in [0, 0.05) is 11.3 Å². The van der Waals surface area contributed by atoms with Crippen LogP contribution in [0.5, 0.6) is 17.2 Å². The summed E-state index contributed by atoms with van der Waals surface area (Å²) in [5.74, 6) is 0.398. The quantitative estimate of drug-likeness (QED) is 0.901. The first-order valence-electron chi connectivity index (χ1n) is 6.98. The number of anilines is 1. The largest absolute Gasteiger partial charge is 0.486 e. The van der Waals surface area contributed by atoms with Crippen LogP contribution in [0.4, 0.5) is 14.5 Å². The first-order chi connectivity index (χ1) is 11.5. The van der Waals surface area contributed by atoms with E-state index in [2.05, 4.69) is 10.1 Å². The molecule has 0 aromatic heterocycles. The summed E-state index contributed by atoms with van der Waals surface area (Å²) in [5, 5.41) is 2.91. The third-order valence-electron chi connectivity index (χ3n) is 3.20. The molecule has 2 aromatic rings. The van der Waals surface area contributed by atoms with Crippen molar-refractivity contribution in [3.63, 3.8) is 0 Å². The second-order valence-electron chi connectivity index (χ2n) is 4.84. The molecule has 0 bridgehead atoms. The van der Waals surface area contributed by atoms with Crippen LogP contribution in [0.15, 0.2) is 36.4 Å². The molecular formula is C16H12ClF2NO4. The SMILES string of the molecule is O=C(Nc1ccc(OC(F)F)cc1)c1cc(Cl)c2c(c1)OCCO2. The first kappa shape index (κ1) is 16.3. The Kier molecular flexibility index (Phi) is 4.71. The Balaban J connectivity index is 1.74. The Hall–Kier alpha value is -2.54. The standard InChI is InChI=1S/C16H12ClF2NO4/c17-12-7-9(8-13-14(12)23-6-5-22-13)15(21)20-10-1-3-11(4-2-10)24-16(18)19/h1-4,7-8,16H,5-6H2,(H,20,21). The van der Waals surface area contributed by atoms with E-state index in [1.807, 2.05) is 0 Å². The van der Waals surface area contributed by atoms with E-state index in [0.717, 1.165) is 0 Å². The van der Waals surface area contributed by atoms with E-state index < -0.39 is 12.5 Å². The highest BCUT2D eigenvalue weighted by molar-refractivity contribution is 6.32. The van der Waals surface area contributed by atoms with Crippen molar-refractivity contribution in [2.24, 2.45) is 0 Å². The molecule has 0 saturated carbocycles. The number of carbonyl (C=O) groups is 1. The zero-order chi connectivity index (χ0) is 17.1. The van der Waals surface area contributed by atoms with E-state index in [1.165, 1.54) is 36.4 Å². The molecule has 0 fully saturated rings. The fourth-order valence-electron chi connectivity index (χ4n) is 2.16. The Morgan fingerprint density at radius 1 is 1.17 bits per heavy atom. The van der Waals surface area contributed by atoms with Crippen LogP contribution in [0.1, 0.15) is 10.4 Å². The van der Waals surface area contributed by atoms with Gasteiger partial charge in [-0.25, -0.2) is 0 Å². The van der Waals surface area contributed by atoms with Crippen LogP contribution in [0.2, 0.25) is 5.02 Å². The zero-order valence-corrected chi connectivity index (χ0v) is 13.0. The minimum atomic E-state index is -2.90. The van der Waals surface area contributed by atoms with Gasteiger partial charge in [0.2, 0.25) is 0 Å². The minimum Gasteiger partial charge on any atom is -0.486 e. The van der Waals surface area contributed by atoms with E-state index >= 15 is 0 Å². The lowest BCUT2D eigenvalue weighted by Gasteiger charge is -2.20. The van der Waals surface area contributed by atoms with Gasteiger partial charge in [0.15, 0.2) is 11.5 Å².